The summed E-state index contributed by atoms with van der Waals surface area (Å²) < 4.78 is 0. The van der Waals surface area contributed by atoms with Crippen LogP contribution in [0.1, 0.15) is 6.42 Å². The zero-order valence-electron chi connectivity index (χ0n) is 4.78. The summed E-state index contributed by atoms with van der Waals surface area (Å²) in [7, 11) is 3.56. The first-order chi connectivity index (χ1) is 3.27. The Morgan fingerprint density at radius 3 is 2.43 bits per heavy atom. The van der Waals surface area contributed by atoms with E-state index in [0.29, 0.717) is 6.61 Å². The number of aliphatic hydroxyl groups is 1. The molecule has 0 heterocycles. The van der Waals surface area contributed by atoms with E-state index in [4.69, 9.17) is 5.11 Å². The van der Waals surface area contributed by atoms with Gasteiger partial charge in [0.05, 0.1) is 0 Å². The second-order valence-electron chi connectivity index (χ2n) is 1.78. The van der Waals surface area contributed by atoms with Gasteiger partial charge in [-0.15, -0.1) is 0 Å². The molecule has 0 bridgehead atoms. The van der Waals surface area contributed by atoms with Crippen LogP contribution in [-0.2, 0) is 0 Å². The molecule has 0 fully saturated rings. The van der Waals surface area contributed by atoms with Crippen molar-refractivity contribution in [2.45, 2.75) is 19.0 Å². The summed E-state index contributed by atoms with van der Waals surface area (Å²) in [6, 6.07) is 1.14. The van der Waals surface area contributed by atoms with Gasteiger partial charge in [0.25, 0.3) is 0 Å². The van der Waals surface area contributed by atoms with Crippen LogP contribution in [0.4, 0.5) is 0 Å². The molecule has 0 aromatic heterocycles. The van der Waals surface area contributed by atoms with E-state index in [9.17, 15) is 0 Å². The minimum atomic E-state index is -0.307. The van der Waals surface area contributed by atoms with Crippen molar-refractivity contribution in [1.82, 2.24) is 0 Å². The molecule has 1 nitrogen and oxygen atoms in total. The van der Waals surface area contributed by atoms with Crippen molar-refractivity contribution in [3.8, 4) is 0 Å². The van der Waals surface area contributed by atoms with E-state index in [2.05, 4.69) is 13.6 Å². The van der Waals surface area contributed by atoms with Crippen LogP contribution < -0.4 is 0 Å². The van der Waals surface area contributed by atoms with Crippen LogP contribution in [0.2, 0.25) is 12.6 Å². The third kappa shape index (κ3) is 6.24. The molecule has 0 rings (SSSR count). The Bertz CT molecular complexity index is 64.7. The Morgan fingerprint density at radius 2 is 2.29 bits per heavy atom. The van der Waals surface area contributed by atoms with Gasteiger partial charge in [-0.25, -0.2) is 0 Å². The number of aliphatic hydroxyl groups excluding tert-OH is 1. The molecule has 0 spiro atoms. The molecule has 0 aromatic rings. The van der Waals surface area contributed by atoms with Gasteiger partial charge in [-0.2, -0.15) is 0 Å². The van der Waals surface area contributed by atoms with Gasteiger partial charge in [-0.3, -0.25) is 0 Å². The Hall–Kier alpha value is 0.242. The van der Waals surface area contributed by atoms with Crippen molar-refractivity contribution < 1.29 is 5.11 Å². The molecule has 0 aromatic carbocycles. The molecule has 0 aliphatic rings. The number of hydrogen-bond donors (Lipinski definition) is 1. The van der Waals surface area contributed by atoms with E-state index >= 15 is 0 Å². The first-order valence-electron chi connectivity index (χ1n) is 2.52. The second-order valence-corrected chi connectivity index (χ2v) is 4.20. The van der Waals surface area contributed by atoms with Gasteiger partial charge in [0.15, 0.2) is 0 Å². The minimum absolute atomic E-state index is 0.307. The molecule has 0 amide bonds. The van der Waals surface area contributed by atoms with Crippen molar-refractivity contribution in [2.24, 2.45) is 0 Å². The van der Waals surface area contributed by atoms with Gasteiger partial charge in [-0.1, -0.05) is 0 Å². The summed E-state index contributed by atoms with van der Waals surface area (Å²) in [5.74, 6) is 0. The average Bonchev–Trinajstić information content (AvgIpc) is 1.61. The van der Waals surface area contributed by atoms with Gasteiger partial charge in [0, 0.05) is 0 Å². The Morgan fingerprint density at radius 1 is 1.71 bits per heavy atom. The summed E-state index contributed by atoms with van der Waals surface area (Å²) in [6.45, 7) is 2.48. The molecule has 3 heteroatoms. The van der Waals surface area contributed by atoms with Gasteiger partial charge < -0.3 is 0 Å². The monoisotopic (exact) mass is 114 g/mol. The maximum absolute atomic E-state index is 8.30. The van der Waals surface area contributed by atoms with Crippen LogP contribution in [0.15, 0.2) is 0 Å². The van der Waals surface area contributed by atoms with Gasteiger partial charge in [0.1, 0.15) is 0 Å². The van der Waals surface area contributed by atoms with E-state index in [0.717, 1.165) is 12.5 Å². The van der Waals surface area contributed by atoms with E-state index in [1.54, 1.807) is 0 Å². The quantitative estimate of drug-likeness (QED) is 0.507. The second kappa shape index (κ2) is 4.40. The Balaban J connectivity index is 2.82. The average molecular weight is 114 g/mol. The van der Waals surface area contributed by atoms with Crippen LogP contribution in [-0.4, -0.2) is 27.0 Å². The van der Waals surface area contributed by atoms with Crippen LogP contribution in [0.3, 0.4) is 0 Å². The van der Waals surface area contributed by atoms with Crippen LogP contribution >= 0.6 is 0 Å². The van der Waals surface area contributed by atoms with E-state index in [1.807, 2.05) is 0 Å². The normalized spacial score (nSPS) is 8.71. The molecule has 0 radical (unpaired) electrons. The summed E-state index contributed by atoms with van der Waals surface area (Å²) in [4.78, 5) is 0. The van der Waals surface area contributed by atoms with Crippen LogP contribution in [0.25, 0.3) is 0 Å². The predicted molar refractivity (Wildman–Crippen MR) is 35.3 cm³/mol. The zero-order valence-corrected chi connectivity index (χ0v) is 5.78. The van der Waals surface area contributed by atoms with Crippen molar-refractivity contribution in [3.63, 3.8) is 0 Å². The summed E-state index contributed by atoms with van der Waals surface area (Å²) in [6.07, 6.45) is 0.939. The summed E-state index contributed by atoms with van der Waals surface area (Å²) >= 11 is 0. The summed E-state index contributed by atoms with van der Waals surface area (Å²) in [5, 5.41) is 8.30. The van der Waals surface area contributed by atoms with Gasteiger partial charge in [0.2, 0.25) is 0 Å². The zero-order chi connectivity index (χ0) is 5.70. The topological polar surface area (TPSA) is 20.2 Å². The van der Waals surface area contributed by atoms with E-state index < -0.39 is 0 Å². The predicted octanol–water partition coefficient (Wildman–Crippen LogP) is -0.109. The molecule has 0 atom stereocenters. The van der Waals surface area contributed by atoms with Crippen LogP contribution in [0.5, 0.6) is 0 Å². The molecule has 1 N–H and O–H groups in total. The number of rotatable bonds is 3. The van der Waals surface area contributed by atoms with Crippen molar-refractivity contribution in [1.29, 1.82) is 0 Å². The molecule has 0 saturated heterocycles. The molecule has 0 unspecified atom stereocenters. The molecule has 0 saturated carbocycles. The maximum atomic E-state index is 8.30. The standard InChI is InChI=1S/C4H11BOSi/c1-7(5)4-2-3-6/h5-6H,2-4H2,1H3. The molecule has 7 heavy (non-hydrogen) atoms. The molecule has 40 valence electrons. The van der Waals surface area contributed by atoms with Crippen molar-refractivity contribution in [3.05, 3.63) is 0 Å². The first-order valence-corrected chi connectivity index (χ1v) is 4.94. The fourth-order valence-electron chi connectivity index (χ4n) is 0.381. The third-order valence-electron chi connectivity index (χ3n) is 0.762. The Labute approximate surface area is 46.9 Å². The molecule has 0 aliphatic carbocycles. The fourth-order valence-corrected chi connectivity index (χ4v) is 1.14. The van der Waals surface area contributed by atoms with Crippen molar-refractivity contribution in [2.75, 3.05) is 6.61 Å². The fraction of sp³-hybridized carbons (Fsp3) is 1.00. The number of hydrogen-bond acceptors (Lipinski definition) is 1. The Kier molecular flexibility index (Phi) is 4.55. The molecule has 0 aliphatic heterocycles. The van der Waals surface area contributed by atoms with E-state index in [-0.39, 0.29) is 8.27 Å². The van der Waals surface area contributed by atoms with Crippen LogP contribution in [0, 0.1) is 0 Å². The third-order valence-corrected chi connectivity index (χ3v) is 1.97. The van der Waals surface area contributed by atoms with Gasteiger partial charge >= 0.3 is 46.0 Å². The summed E-state index contributed by atoms with van der Waals surface area (Å²) in [5.41, 5.74) is 0. The first kappa shape index (κ1) is 7.24. The molecular formula is C4H11BOSi. The van der Waals surface area contributed by atoms with E-state index in [1.165, 1.54) is 0 Å². The van der Waals surface area contributed by atoms with Gasteiger partial charge in [-0.05, 0) is 0 Å². The molecular weight excluding hydrogens is 103 g/mol. The van der Waals surface area contributed by atoms with Crippen molar-refractivity contribution >= 4 is 15.3 Å². The SMILES string of the molecule is B=[Si](C)CCCO.